The van der Waals surface area contributed by atoms with Gasteiger partial charge in [-0.1, -0.05) is 40.2 Å². The van der Waals surface area contributed by atoms with Crippen LogP contribution < -0.4 is 0 Å². The van der Waals surface area contributed by atoms with Crippen LogP contribution in [0.25, 0.3) is 0 Å². The Labute approximate surface area is 123 Å². The zero-order chi connectivity index (χ0) is 13.3. The zero-order valence-corrected chi connectivity index (χ0v) is 12.6. The van der Waals surface area contributed by atoms with Crippen LogP contribution >= 0.6 is 15.9 Å². The molecule has 0 radical (unpaired) electrons. The Bertz CT molecular complexity index is 487. The summed E-state index contributed by atoms with van der Waals surface area (Å²) in [6, 6.07) is 8.60. The van der Waals surface area contributed by atoms with Crippen LogP contribution in [0.1, 0.15) is 31.2 Å². The third-order valence-electron chi connectivity index (χ3n) is 4.34. The number of halogens is 1. The van der Waals surface area contributed by atoms with E-state index in [1.807, 2.05) is 24.3 Å². The van der Waals surface area contributed by atoms with E-state index in [0.29, 0.717) is 6.04 Å². The van der Waals surface area contributed by atoms with Crippen LogP contribution in [0.2, 0.25) is 0 Å². The number of hydrogen-bond acceptors (Lipinski definition) is 2. The molecular formula is C16H20BrNO. The fourth-order valence-electron chi connectivity index (χ4n) is 3.22. The number of aliphatic hydroxyl groups is 1. The largest absolute Gasteiger partial charge is 0.384 e. The quantitative estimate of drug-likeness (QED) is 0.843. The molecule has 1 aromatic carbocycles. The molecule has 1 aliphatic heterocycles. The van der Waals surface area contributed by atoms with Gasteiger partial charge in [0.1, 0.15) is 5.60 Å². The first kappa shape index (κ1) is 13.3. The van der Waals surface area contributed by atoms with E-state index in [9.17, 15) is 5.11 Å². The van der Waals surface area contributed by atoms with Crippen molar-refractivity contribution in [3.63, 3.8) is 0 Å². The van der Waals surface area contributed by atoms with E-state index < -0.39 is 5.60 Å². The van der Waals surface area contributed by atoms with Crippen LogP contribution in [0.3, 0.4) is 0 Å². The molecule has 3 heteroatoms. The molecule has 0 bridgehead atoms. The molecule has 19 heavy (non-hydrogen) atoms. The maximum atomic E-state index is 10.9. The van der Waals surface area contributed by atoms with Gasteiger partial charge >= 0.3 is 0 Å². The van der Waals surface area contributed by atoms with Crippen LogP contribution in [0.15, 0.2) is 40.9 Å². The summed E-state index contributed by atoms with van der Waals surface area (Å²) in [6.45, 7) is 1.73. The number of likely N-dealkylation sites (tertiary alicyclic amines) is 1. The molecule has 0 amide bonds. The van der Waals surface area contributed by atoms with Crippen molar-refractivity contribution in [1.29, 1.82) is 0 Å². The molecule has 1 N–H and O–H groups in total. The van der Waals surface area contributed by atoms with E-state index in [4.69, 9.17) is 0 Å². The Morgan fingerprint density at radius 2 is 2.26 bits per heavy atom. The standard InChI is InChI=1S/C16H20BrNO/c17-14-6-4-5-13(11-14)16(19)9-10-18(12-16)15-7-2-1-3-8-15/h2,4-7,11,15,19H,1,3,8-10,12H2. The lowest BCUT2D eigenvalue weighted by Crippen LogP contribution is -2.36. The van der Waals surface area contributed by atoms with Gasteiger partial charge in [0.2, 0.25) is 0 Å². The monoisotopic (exact) mass is 321 g/mol. The van der Waals surface area contributed by atoms with Gasteiger partial charge in [0.15, 0.2) is 0 Å². The minimum Gasteiger partial charge on any atom is -0.384 e. The summed E-state index contributed by atoms with van der Waals surface area (Å²) in [5.41, 5.74) is 0.346. The summed E-state index contributed by atoms with van der Waals surface area (Å²) in [4.78, 5) is 2.43. The molecule has 0 saturated carbocycles. The van der Waals surface area contributed by atoms with Gasteiger partial charge in [0.25, 0.3) is 0 Å². The van der Waals surface area contributed by atoms with Crippen molar-refractivity contribution in [1.82, 2.24) is 4.90 Å². The van der Waals surface area contributed by atoms with Gasteiger partial charge in [-0.2, -0.15) is 0 Å². The van der Waals surface area contributed by atoms with Crippen LogP contribution in [0, 0.1) is 0 Å². The lowest BCUT2D eigenvalue weighted by atomic mass is 9.93. The highest BCUT2D eigenvalue weighted by atomic mass is 79.9. The van der Waals surface area contributed by atoms with Gasteiger partial charge in [0, 0.05) is 23.6 Å². The molecule has 2 atom stereocenters. The van der Waals surface area contributed by atoms with Crippen LogP contribution in [-0.2, 0) is 5.60 Å². The SMILES string of the molecule is OC1(c2cccc(Br)c2)CCN(C2C=CCCC2)C1. The Hall–Kier alpha value is -0.640. The second-order valence-corrected chi connectivity index (χ2v) is 6.60. The summed E-state index contributed by atoms with van der Waals surface area (Å²) in [7, 11) is 0. The van der Waals surface area contributed by atoms with Crippen LogP contribution in [0.5, 0.6) is 0 Å². The molecule has 102 valence electrons. The maximum Gasteiger partial charge on any atom is 0.104 e. The summed E-state index contributed by atoms with van der Waals surface area (Å²) < 4.78 is 1.04. The van der Waals surface area contributed by atoms with E-state index >= 15 is 0 Å². The number of hydrogen-bond donors (Lipinski definition) is 1. The molecule has 3 rings (SSSR count). The molecule has 1 fully saturated rings. The van der Waals surface area contributed by atoms with Gasteiger partial charge in [0.05, 0.1) is 0 Å². The van der Waals surface area contributed by atoms with Crippen molar-refractivity contribution in [2.24, 2.45) is 0 Å². The Balaban J connectivity index is 1.76. The number of rotatable bonds is 2. The van der Waals surface area contributed by atoms with Gasteiger partial charge < -0.3 is 5.11 Å². The van der Waals surface area contributed by atoms with E-state index in [1.54, 1.807) is 0 Å². The highest BCUT2D eigenvalue weighted by Crippen LogP contribution is 2.35. The van der Waals surface area contributed by atoms with Crippen molar-refractivity contribution >= 4 is 15.9 Å². The number of nitrogens with zero attached hydrogens (tertiary/aromatic N) is 1. The van der Waals surface area contributed by atoms with E-state index in [0.717, 1.165) is 29.5 Å². The minimum atomic E-state index is -0.685. The molecule has 0 spiro atoms. The fraction of sp³-hybridized carbons (Fsp3) is 0.500. The summed E-state index contributed by atoms with van der Waals surface area (Å²) >= 11 is 3.49. The average Bonchev–Trinajstić information content (AvgIpc) is 2.84. The van der Waals surface area contributed by atoms with Gasteiger partial charge in [-0.3, -0.25) is 4.90 Å². The fourth-order valence-corrected chi connectivity index (χ4v) is 3.62. The molecule has 1 heterocycles. The van der Waals surface area contributed by atoms with Crippen molar-refractivity contribution in [2.75, 3.05) is 13.1 Å². The van der Waals surface area contributed by atoms with E-state index in [-0.39, 0.29) is 0 Å². The van der Waals surface area contributed by atoms with Crippen LogP contribution in [-0.4, -0.2) is 29.1 Å². The lowest BCUT2D eigenvalue weighted by Gasteiger charge is -2.29. The van der Waals surface area contributed by atoms with Gasteiger partial charge in [-0.15, -0.1) is 0 Å². The Morgan fingerprint density at radius 1 is 1.37 bits per heavy atom. The topological polar surface area (TPSA) is 23.5 Å². The molecule has 1 aliphatic carbocycles. The minimum absolute atomic E-state index is 0.523. The second-order valence-electron chi connectivity index (χ2n) is 5.69. The van der Waals surface area contributed by atoms with Crippen molar-refractivity contribution in [2.45, 2.75) is 37.3 Å². The molecule has 2 aliphatic rings. The highest BCUT2D eigenvalue weighted by molar-refractivity contribution is 9.10. The Kier molecular flexibility index (Phi) is 3.79. The van der Waals surface area contributed by atoms with Crippen LogP contribution in [0.4, 0.5) is 0 Å². The van der Waals surface area contributed by atoms with E-state index in [2.05, 4.69) is 33.0 Å². The predicted molar refractivity (Wildman–Crippen MR) is 81.0 cm³/mol. The molecular weight excluding hydrogens is 302 g/mol. The van der Waals surface area contributed by atoms with Gasteiger partial charge in [-0.25, -0.2) is 0 Å². The van der Waals surface area contributed by atoms with Gasteiger partial charge in [-0.05, 0) is 43.4 Å². The molecule has 0 aromatic heterocycles. The third-order valence-corrected chi connectivity index (χ3v) is 4.83. The summed E-state index contributed by atoms with van der Waals surface area (Å²) in [5.74, 6) is 0. The van der Waals surface area contributed by atoms with Crippen molar-refractivity contribution in [3.05, 3.63) is 46.5 Å². The first-order valence-corrected chi connectivity index (χ1v) is 7.86. The molecule has 2 nitrogen and oxygen atoms in total. The summed E-state index contributed by atoms with van der Waals surface area (Å²) in [6.07, 6.45) is 9.13. The number of benzene rings is 1. The number of β-amino-alcohol motifs (C(OH)–C–C–N with tert-alkyl or cyclic N) is 1. The first-order valence-electron chi connectivity index (χ1n) is 7.06. The highest BCUT2D eigenvalue weighted by Gasteiger charge is 2.39. The maximum absolute atomic E-state index is 10.9. The predicted octanol–water partition coefficient (Wildman–Crippen LogP) is 3.45. The summed E-state index contributed by atoms with van der Waals surface area (Å²) in [5, 5.41) is 10.9. The zero-order valence-electron chi connectivity index (χ0n) is 11.1. The third kappa shape index (κ3) is 2.78. The molecule has 1 saturated heterocycles. The van der Waals surface area contributed by atoms with E-state index in [1.165, 1.54) is 19.3 Å². The normalized spacial score (nSPS) is 31.8. The lowest BCUT2D eigenvalue weighted by molar-refractivity contribution is 0.0422. The molecule has 1 aromatic rings. The number of allylic oxidation sites excluding steroid dienone is 1. The van der Waals surface area contributed by atoms with Crippen molar-refractivity contribution in [3.8, 4) is 0 Å². The Morgan fingerprint density at radius 3 is 3.00 bits per heavy atom. The average molecular weight is 322 g/mol. The smallest absolute Gasteiger partial charge is 0.104 e. The van der Waals surface area contributed by atoms with Crippen molar-refractivity contribution < 1.29 is 5.11 Å². The second kappa shape index (κ2) is 5.39. The molecule has 2 unspecified atom stereocenters. The first-order chi connectivity index (χ1) is 9.17.